The number of pyridine rings is 1. The number of carbonyl (C=O) groups is 1. The minimum absolute atomic E-state index is 0.142. The normalized spacial score (nSPS) is 18.4. The molecule has 38 heavy (non-hydrogen) atoms. The summed E-state index contributed by atoms with van der Waals surface area (Å²) in [5, 5.41) is 9.46. The van der Waals surface area contributed by atoms with Crippen LogP contribution in [0.5, 0.6) is 5.75 Å². The number of carbonyl (C=O) groups excluding carboxylic acids is 1. The minimum Gasteiger partial charge on any atom is -0.477 e. The highest BCUT2D eigenvalue weighted by Crippen LogP contribution is 2.44. The first-order chi connectivity index (χ1) is 18.1. The van der Waals surface area contributed by atoms with Crippen LogP contribution in [-0.4, -0.2) is 49.2 Å². The van der Waals surface area contributed by atoms with Gasteiger partial charge in [0.25, 0.3) is 22.4 Å². The number of rotatable bonds is 8. The molecule has 2 aromatic carbocycles. The highest BCUT2D eigenvalue weighted by atomic mass is 32.2. The summed E-state index contributed by atoms with van der Waals surface area (Å²) in [5.41, 5.74) is 0.284. The lowest BCUT2D eigenvalue weighted by Gasteiger charge is -2.21. The SMILES string of the molecule is Cc1ccc(-c2cccc(C(F)F)c2)c(OC2(C(=O)NS(=O)(=O)c3cccc(N4CC[C@H](O)C4)n3)CC2)c1. The number of benzene rings is 2. The van der Waals surface area contributed by atoms with E-state index in [1.165, 1.54) is 30.3 Å². The smallest absolute Gasteiger partial charge is 0.281 e. The lowest BCUT2D eigenvalue weighted by molar-refractivity contribution is -0.127. The molecule has 1 aliphatic heterocycles. The van der Waals surface area contributed by atoms with Gasteiger partial charge in [-0.3, -0.25) is 4.79 Å². The van der Waals surface area contributed by atoms with Crippen molar-refractivity contribution in [1.29, 1.82) is 0 Å². The van der Waals surface area contributed by atoms with Crippen molar-refractivity contribution in [2.24, 2.45) is 0 Å². The molecule has 2 N–H and O–H groups in total. The van der Waals surface area contributed by atoms with Gasteiger partial charge in [0, 0.05) is 37.1 Å². The number of amides is 1. The Bertz CT molecular complexity index is 1480. The van der Waals surface area contributed by atoms with Crippen LogP contribution < -0.4 is 14.4 Å². The van der Waals surface area contributed by atoms with Crippen molar-refractivity contribution < 1.29 is 31.8 Å². The van der Waals surface area contributed by atoms with Gasteiger partial charge in [-0.1, -0.05) is 36.4 Å². The van der Waals surface area contributed by atoms with Gasteiger partial charge in [0.1, 0.15) is 11.6 Å². The van der Waals surface area contributed by atoms with Gasteiger partial charge in [0.2, 0.25) is 0 Å². The van der Waals surface area contributed by atoms with Gasteiger partial charge in [-0.15, -0.1) is 0 Å². The number of hydrogen-bond acceptors (Lipinski definition) is 7. The summed E-state index contributed by atoms with van der Waals surface area (Å²) >= 11 is 0. The molecule has 0 radical (unpaired) electrons. The molecule has 3 aromatic rings. The molecule has 1 saturated carbocycles. The number of halogens is 2. The van der Waals surface area contributed by atoms with Crippen molar-refractivity contribution in [1.82, 2.24) is 9.71 Å². The van der Waals surface area contributed by atoms with E-state index in [0.29, 0.717) is 42.2 Å². The second-order valence-electron chi connectivity index (χ2n) is 9.68. The highest BCUT2D eigenvalue weighted by molar-refractivity contribution is 7.90. The average molecular weight is 544 g/mol. The Kier molecular flexibility index (Phi) is 6.83. The van der Waals surface area contributed by atoms with Crippen molar-refractivity contribution in [2.75, 3.05) is 18.0 Å². The molecule has 8 nitrogen and oxygen atoms in total. The van der Waals surface area contributed by atoms with E-state index >= 15 is 0 Å². The molecule has 2 fully saturated rings. The number of β-amino-alcohol motifs (C(OH)–C–C–N with tert-alkyl or cyclic N) is 1. The summed E-state index contributed by atoms with van der Waals surface area (Å²) in [6.45, 7) is 2.72. The molecular weight excluding hydrogens is 516 g/mol. The Labute approximate surface area is 219 Å². The maximum atomic E-state index is 13.3. The fourth-order valence-electron chi connectivity index (χ4n) is 4.44. The topological polar surface area (TPSA) is 109 Å². The Morgan fingerprint density at radius 1 is 1.16 bits per heavy atom. The quantitative estimate of drug-likeness (QED) is 0.442. The number of alkyl halides is 2. The third-order valence-corrected chi connectivity index (χ3v) is 7.94. The molecule has 5 rings (SSSR count). The average Bonchev–Trinajstić information content (AvgIpc) is 3.54. The van der Waals surface area contributed by atoms with Gasteiger partial charge in [-0.05, 0) is 48.7 Å². The van der Waals surface area contributed by atoms with Crippen molar-refractivity contribution in [2.45, 2.75) is 49.3 Å². The summed E-state index contributed by atoms with van der Waals surface area (Å²) < 4.78 is 60.9. The number of ether oxygens (including phenoxy) is 1. The number of aryl methyl sites for hydroxylation is 1. The molecule has 1 amide bonds. The van der Waals surface area contributed by atoms with Crippen LogP contribution in [0.4, 0.5) is 14.6 Å². The van der Waals surface area contributed by atoms with Gasteiger partial charge < -0.3 is 14.7 Å². The molecule has 0 spiro atoms. The number of nitrogens with one attached hydrogen (secondary N) is 1. The van der Waals surface area contributed by atoms with E-state index < -0.39 is 34.1 Å². The monoisotopic (exact) mass is 543 g/mol. The van der Waals surface area contributed by atoms with Crippen LogP contribution in [0.25, 0.3) is 11.1 Å². The van der Waals surface area contributed by atoms with Gasteiger partial charge in [0.05, 0.1) is 6.10 Å². The molecule has 1 atom stereocenters. The first-order valence-electron chi connectivity index (χ1n) is 12.2. The Balaban J connectivity index is 1.37. The van der Waals surface area contributed by atoms with E-state index in [0.717, 1.165) is 5.56 Å². The summed E-state index contributed by atoms with van der Waals surface area (Å²) in [5.74, 6) is -0.131. The maximum Gasteiger partial charge on any atom is 0.281 e. The summed E-state index contributed by atoms with van der Waals surface area (Å²) in [4.78, 5) is 19.2. The van der Waals surface area contributed by atoms with Gasteiger partial charge in [0.15, 0.2) is 10.6 Å². The predicted octanol–water partition coefficient (Wildman–Crippen LogP) is 3.98. The highest BCUT2D eigenvalue weighted by Gasteiger charge is 2.54. The predicted molar refractivity (Wildman–Crippen MR) is 137 cm³/mol. The lowest BCUT2D eigenvalue weighted by Crippen LogP contribution is -2.43. The minimum atomic E-state index is -4.31. The van der Waals surface area contributed by atoms with Crippen LogP contribution in [0.1, 0.15) is 36.8 Å². The molecular formula is C27H27F2N3O5S. The second-order valence-corrected chi connectivity index (χ2v) is 11.3. The fourth-order valence-corrected chi connectivity index (χ4v) is 5.45. The molecule has 1 saturated heterocycles. The Morgan fingerprint density at radius 3 is 2.61 bits per heavy atom. The summed E-state index contributed by atoms with van der Waals surface area (Å²) in [7, 11) is -4.31. The van der Waals surface area contributed by atoms with Crippen LogP contribution in [-0.2, 0) is 14.8 Å². The third-order valence-electron chi connectivity index (χ3n) is 6.71. The first kappa shape index (κ1) is 26.1. The Morgan fingerprint density at radius 2 is 1.92 bits per heavy atom. The standard InChI is InChI=1S/C27H27F2N3O5S/c1-17-8-9-21(18-4-2-5-19(15-18)25(28)29)22(14-17)37-27(11-12-27)26(34)31-38(35,36)24-7-3-6-23(30-24)32-13-10-20(33)16-32/h2-9,14-15,20,25,33H,10-13,16H2,1H3,(H,31,34)/t20-/m0/s1. The summed E-state index contributed by atoms with van der Waals surface area (Å²) in [6, 6.07) is 15.6. The number of sulfonamides is 1. The number of aromatic nitrogens is 1. The number of aliphatic hydroxyl groups is 1. The molecule has 0 bridgehead atoms. The number of anilines is 1. The largest absolute Gasteiger partial charge is 0.477 e. The molecule has 2 aliphatic rings. The number of aliphatic hydroxyl groups excluding tert-OH is 1. The molecule has 2 heterocycles. The van der Waals surface area contributed by atoms with Crippen LogP contribution in [0.15, 0.2) is 65.7 Å². The van der Waals surface area contributed by atoms with Gasteiger partial charge >= 0.3 is 0 Å². The molecule has 0 unspecified atom stereocenters. The van der Waals surface area contributed by atoms with E-state index in [4.69, 9.17) is 4.74 Å². The van der Waals surface area contributed by atoms with Crippen LogP contribution >= 0.6 is 0 Å². The van der Waals surface area contributed by atoms with Crippen LogP contribution in [0.3, 0.4) is 0 Å². The van der Waals surface area contributed by atoms with Crippen LogP contribution in [0.2, 0.25) is 0 Å². The first-order valence-corrected chi connectivity index (χ1v) is 13.7. The van der Waals surface area contributed by atoms with Gasteiger partial charge in [-0.25, -0.2) is 18.5 Å². The molecule has 1 aliphatic carbocycles. The van der Waals surface area contributed by atoms with E-state index in [2.05, 4.69) is 9.71 Å². The Hall–Kier alpha value is -3.57. The third kappa shape index (κ3) is 5.34. The van der Waals surface area contributed by atoms with E-state index in [1.54, 1.807) is 35.2 Å². The maximum absolute atomic E-state index is 13.3. The molecule has 1 aromatic heterocycles. The zero-order chi connectivity index (χ0) is 27.1. The van der Waals surface area contributed by atoms with E-state index in [-0.39, 0.29) is 23.4 Å². The van der Waals surface area contributed by atoms with E-state index in [1.807, 2.05) is 6.92 Å². The molecule has 11 heteroatoms. The van der Waals surface area contributed by atoms with Crippen molar-refractivity contribution >= 4 is 21.7 Å². The van der Waals surface area contributed by atoms with Crippen molar-refractivity contribution in [3.63, 3.8) is 0 Å². The second kappa shape index (κ2) is 9.95. The zero-order valence-corrected chi connectivity index (χ0v) is 21.4. The van der Waals surface area contributed by atoms with E-state index in [9.17, 15) is 27.1 Å². The molecule has 200 valence electrons. The lowest BCUT2D eigenvalue weighted by atomic mass is 10.0. The van der Waals surface area contributed by atoms with Crippen molar-refractivity contribution in [3.8, 4) is 16.9 Å². The zero-order valence-electron chi connectivity index (χ0n) is 20.6. The number of nitrogens with zero attached hydrogens (tertiary/aromatic N) is 2. The van der Waals surface area contributed by atoms with Crippen LogP contribution in [0, 0.1) is 6.92 Å². The van der Waals surface area contributed by atoms with Crippen molar-refractivity contribution in [3.05, 3.63) is 71.8 Å². The fraction of sp³-hybridized carbons (Fsp3) is 0.333. The number of hydrogen-bond donors (Lipinski definition) is 2. The van der Waals surface area contributed by atoms with Gasteiger partial charge in [-0.2, -0.15) is 8.42 Å². The summed E-state index contributed by atoms with van der Waals surface area (Å²) in [6.07, 6.45) is -2.01.